The lowest BCUT2D eigenvalue weighted by Crippen LogP contribution is -2.37. The van der Waals surface area contributed by atoms with Crippen LogP contribution in [0, 0.1) is 11.3 Å². The number of benzene rings is 1. The minimum Gasteiger partial charge on any atom is -0.371 e. The van der Waals surface area contributed by atoms with Gasteiger partial charge in [-0.05, 0) is 68.2 Å². The van der Waals surface area contributed by atoms with Gasteiger partial charge in [-0.25, -0.2) is 0 Å². The van der Waals surface area contributed by atoms with E-state index in [1.54, 1.807) is 11.3 Å². The van der Waals surface area contributed by atoms with Crippen LogP contribution in [0.1, 0.15) is 63.3 Å². The summed E-state index contributed by atoms with van der Waals surface area (Å²) in [5, 5.41) is 11.1. The summed E-state index contributed by atoms with van der Waals surface area (Å²) in [6.07, 6.45) is 7.72. The molecule has 2 fully saturated rings. The van der Waals surface area contributed by atoms with Crippen LogP contribution in [0.15, 0.2) is 24.3 Å². The van der Waals surface area contributed by atoms with Crippen molar-refractivity contribution in [1.82, 2.24) is 10.2 Å². The molecule has 1 aromatic carbocycles. The van der Waals surface area contributed by atoms with Crippen molar-refractivity contribution in [3.63, 3.8) is 0 Å². The van der Waals surface area contributed by atoms with Crippen molar-refractivity contribution in [2.45, 2.75) is 58.3 Å². The zero-order chi connectivity index (χ0) is 18.9. The second kappa shape index (κ2) is 7.70. The number of aromatic nitrogens is 2. The smallest absolute Gasteiger partial charge is 0.147 e. The summed E-state index contributed by atoms with van der Waals surface area (Å²) < 4.78 is 0. The minimum absolute atomic E-state index is 0.251. The predicted molar refractivity (Wildman–Crippen MR) is 111 cm³/mol. The van der Waals surface area contributed by atoms with Gasteiger partial charge >= 0.3 is 0 Å². The van der Waals surface area contributed by atoms with E-state index in [-0.39, 0.29) is 5.92 Å². The first kappa shape index (κ1) is 18.6. The van der Waals surface area contributed by atoms with Crippen LogP contribution in [0.5, 0.6) is 0 Å². The third-order valence-electron chi connectivity index (χ3n) is 6.35. The average molecular weight is 384 g/mol. The molecule has 0 atom stereocenters. The van der Waals surface area contributed by atoms with Gasteiger partial charge in [-0.3, -0.25) is 0 Å². The fourth-order valence-electron chi connectivity index (χ4n) is 4.20. The van der Waals surface area contributed by atoms with Crippen molar-refractivity contribution in [3.8, 4) is 10.6 Å². The molecule has 1 aliphatic heterocycles. The van der Waals surface area contributed by atoms with Gasteiger partial charge in [0.05, 0.1) is 0 Å². The molecule has 1 aliphatic carbocycles. The quantitative estimate of drug-likeness (QED) is 0.672. The zero-order valence-electron chi connectivity index (χ0n) is 16.4. The number of anilines is 1. The first-order chi connectivity index (χ1) is 13.0. The second-order valence-corrected chi connectivity index (χ2v) is 9.90. The fourth-order valence-corrected chi connectivity index (χ4v) is 5.22. The maximum Gasteiger partial charge on any atom is 0.147 e. The third kappa shape index (κ3) is 4.23. The Balaban J connectivity index is 1.41. The number of hydrogen-bond acceptors (Lipinski definition) is 5. The highest BCUT2D eigenvalue weighted by atomic mass is 32.1. The summed E-state index contributed by atoms with van der Waals surface area (Å²) in [6, 6.07) is 8.82. The normalized spacial score (nSPS) is 25.3. The van der Waals surface area contributed by atoms with Gasteiger partial charge in [-0.2, -0.15) is 0 Å². The first-order valence-electron chi connectivity index (χ1n) is 10.2. The van der Waals surface area contributed by atoms with Gasteiger partial charge < -0.3 is 9.69 Å². The Kier molecular flexibility index (Phi) is 5.31. The van der Waals surface area contributed by atoms with E-state index < -0.39 is 0 Å². The van der Waals surface area contributed by atoms with Crippen LogP contribution < -0.4 is 4.90 Å². The molecular weight excluding hydrogens is 354 g/mol. The van der Waals surface area contributed by atoms with Gasteiger partial charge in [-0.1, -0.05) is 25.2 Å². The highest BCUT2D eigenvalue weighted by Gasteiger charge is 2.26. The Morgan fingerprint density at radius 1 is 1.04 bits per heavy atom. The van der Waals surface area contributed by atoms with Crippen LogP contribution in [0.3, 0.4) is 0 Å². The maximum absolute atomic E-state index is 10.9. The lowest BCUT2D eigenvalue weighted by Gasteiger charge is -2.38. The van der Waals surface area contributed by atoms with Gasteiger partial charge in [0.25, 0.3) is 0 Å². The molecule has 1 saturated carbocycles. The maximum atomic E-state index is 10.9. The number of piperidine rings is 1. The topological polar surface area (TPSA) is 46.1 Å². The molecule has 1 saturated heterocycles. The second-order valence-electron chi connectivity index (χ2n) is 8.89. The lowest BCUT2D eigenvalue weighted by atomic mass is 9.82. The zero-order valence-corrected chi connectivity index (χ0v) is 17.2. The highest BCUT2D eigenvalue weighted by Crippen LogP contribution is 2.38. The van der Waals surface area contributed by atoms with E-state index in [4.69, 9.17) is 0 Å². The van der Waals surface area contributed by atoms with Gasteiger partial charge in [0.1, 0.15) is 16.3 Å². The molecule has 4 rings (SSSR count). The van der Waals surface area contributed by atoms with Crippen LogP contribution in [-0.2, 0) is 4.79 Å². The number of carbonyl (C=O) groups excluding carboxylic acids is 1. The summed E-state index contributed by atoms with van der Waals surface area (Å²) in [6.45, 7) is 7.01. The lowest BCUT2D eigenvalue weighted by molar-refractivity contribution is -0.111. The highest BCUT2D eigenvalue weighted by molar-refractivity contribution is 7.14. The Hall–Kier alpha value is -1.75. The molecule has 0 amide bonds. The molecule has 0 bridgehead atoms. The largest absolute Gasteiger partial charge is 0.371 e. The van der Waals surface area contributed by atoms with Crippen molar-refractivity contribution in [2.24, 2.45) is 11.3 Å². The molecule has 2 aromatic rings. The van der Waals surface area contributed by atoms with Crippen molar-refractivity contribution in [2.75, 3.05) is 18.0 Å². The van der Waals surface area contributed by atoms with Gasteiger partial charge in [0.2, 0.25) is 0 Å². The molecule has 0 radical (unpaired) electrons. The van der Waals surface area contributed by atoms with E-state index in [9.17, 15) is 4.79 Å². The van der Waals surface area contributed by atoms with Crippen LogP contribution in [-0.4, -0.2) is 29.6 Å². The molecule has 0 unspecified atom stereocenters. The van der Waals surface area contributed by atoms with Crippen LogP contribution in [0.4, 0.5) is 5.69 Å². The molecule has 0 spiro atoms. The molecule has 0 N–H and O–H groups in total. The van der Waals surface area contributed by atoms with Crippen LogP contribution in [0.2, 0.25) is 0 Å². The number of aldehydes is 1. The summed E-state index contributed by atoms with van der Waals surface area (Å²) >= 11 is 1.72. The van der Waals surface area contributed by atoms with Gasteiger partial charge in [0.15, 0.2) is 0 Å². The standard InChI is InChI=1S/C22H29N3OS/c1-22(2)11-13-25(14-12-22)19-9-7-18(8-10-19)21-24-23-20(27-21)17-5-3-16(15-26)4-6-17/h7-10,15-17H,3-6,11-14H2,1-2H3. The Labute approximate surface area is 166 Å². The SMILES string of the molecule is CC1(C)CCN(c2ccc(-c3nnc(C4CCC(C=O)CC4)s3)cc2)CC1. The van der Waals surface area contributed by atoms with E-state index >= 15 is 0 Å². The average Bonchev–Trinajstić information content (AvgIpc) is 3.18. The molecule has 4 nitrogen and oxygen atoms in total. The van der Waals surface area contributed by atoms with Crippen molar-refractivity contribution in [1.29, 1.82) is 0 Å². The van der Waals surface area contributed by atoms with Crippen LogP contribution >= 0.6 is 11.3 Å². The Morgan fingerprint density at radius 2 is 1.70 bits per heavy atom. The van der Waals surface area contributed by atoms with Crippen molar-refractivity contribution >= 4 is 23.3 Å². The Bertz CT molecular complexity index is 765. The number of nitrogens with zero attached hydrogens (tertiary/aromatic N) is 3. The van der Waals surface area contributed by atoms with Crippen molar-refractivity contribution in [3.05, 3.63) is 29.3 Å². The monoisotopic (exact) mass is 383 g/mol. The molecule has 144 valence electrons. The summed E-state index contributed by atoms with van der Waals surface area (Å²) in [5.41, 5.74) is 2.94. The van der Waals surface area contributed by atoms with E-state index in [1.165, 1.54) is 18.5 Å². The summed E-state index contributed by atoms with van der Waals surface area (Å²) in [4.78, 5) is 13.4. The van der Waals surface area contributed by atoms with Crippen LogP contribution in [0.25, 0.3) is 10.6 Å². The first-order valence-corrected chi connectivity index (χ1v) is 11.0. The summed E-state index contributed by atoms with van der Waals surface area (Å²) in [7, 11) is 0. The number of rotatable bonds is 4. The third-order valence-corrected chi connectivity index (χ3v) is 7.49. The van der Waals surface area contributed by atoms with E-state index in [1.807, 2.05) is 0 Å². The van der Waals surface area contributed by atoms with E-state index in [0.717, 1.165) is 60.6 Å². The predicted octanol–water partition coefficient (Wildman–Crippen LogP) is 5.30. The van der Waals surface area contributed by atoms with Gasteiger partial charge in [0, 0.05) is 36.2 Å². The number of carbonyl (C=O) groups is 1. The molecule has 5 heteroatoms. The Morgan fingerprint density at radius 3 is 2.33 bits per heavy atom. The molecule has 27 heavy (non-hydrogen) atoms. The molecular formula is C22H29N3OS. The summed E-state index contributed by atoms with van der Waals surface area (Å²) in [5.74, 6) is 0.727. The molecule has 2 aliphatic rings. The number of hydrogen-bond donors (Lipinski definition) is 0. The minimum atomic E-state index is 0.251. The fraction of sp³-hybridized carbons (Fsp3) is 0.591. The molecule has 1 aromatic heterocycles. The van der Waals surface area contributed by atoms with Crippen molar-refractivity contribution < 1.29 is 4.79 Å². The van der Waals surface area contributed by atoms with Gasteiger partial charge in [-0.15, -0.1) is 10.2 Å². The molecule has 2 heterocycles. The van der Waals surface area contributed by atoms with E-state index in [0.29, 0.717) is 11.3 Å². The van der Waals surface area contributed by atoms with E-state index in [2.05, 4.69) is 53.2 Å².